The van der Waals surface area contributed by atoms with Crippen molar-refractivity contribution in [2.45, 2.75) is 19.1 Å². The number of morpholine rings is 1. The van der Waals surface area contributed by atoms with E-state index in [0.29, 0.717) is 47.7 Å². The minimum absolute atomic E-state index is 0.0212. The maximum atomic E-state index is 13.8. The van der Waals surface area contributed by atoms with E-state index in [9.17, 15) is 13.2 Å². The molecule has 168 valence electrons. The standard InChI is InChI=1S/C21H22F3N7O/c1-12-11-32-8-7-31(12)17-9-14(15-10-30(2)29-20(15)21(22,23)24)13-4-6-27-19(18(13)28-17)16(26)3-5-25/h3-6,9-10,12,25H,7-8,11,26H2,1-2H3/b16-3-,25-5?/t12-/m1/s1. The third-order valence-electron chi connectivity index (χ3n) is 5.30. The van der Waals surface area contributed by atoms with Crippen molar-refractivity contribution in [1.82, 2.24) is 19.7 Å². The van der Waals surface area contributed by atoms with E-state index in [0.717, 1.165) is 10.9 Å². The van der Waals surface area contributed by atoms with Gasteiger partial charge in [0.15, 0.2) is 5.69 Å². The Labute approximate surface area is 182 Å². The van der Waals surface area contributed by atoms with Gasteiger partial charge in [-0.2, -0.15) is 18.3 Å². The first-order valence-corrected chi connectivity index (χ1v) is 9.92. The fourth-order valence-electron chi connectivity index (χ4n) is 3.85. The van der Waals surface area contributed by atoms with Gasteiger partial charge in [-0.15, -0.1) is 0 Å². The molecular formula is C21H22F3N7O. The van der Waals surface area contributed by atoms with Crippen LogP contribution < -0.4 is 10.6 Å². The van der Waals surface area contributed by atoms with Gasteiger partial charge in [-0.3, -0.25) is 9.67 Å². The summed E-state index contributed by atoms with van der Waals surface area (Å²) in [6.45, 7) is 3.46. The predicted molar refractivity (Wildman–Crippen MR) is 115 cm³/mol. The second kappa shape index (κ2) is 8.23. The molecule has 32 heavy (non-hydrogen) atoms. The molecule has 11 heteroatoms. The third-order valence-corrected chi connectivity index (χ3v) is 5.30. The lowest BCUT2D eigenvalue weighted by Gasteiger charge is -2.34. The van der Waals surface area contributed by atoms with Crippen LogP contribution in [0.1, 0.15) is 18.3 Å². The summed E-state index contributed by atoms with van der Waals surface area (Å²) in [6.07, 6.45) is 0.564. The Balaban J connectivity index is 2.05. The van der Waals surface area contributed by atoms with Crippen LogP contribution >= 0.6 is 0 Å². The van der Waals surface area contributed by atoms with Gasteiger partial charge in [0.2, 0.25) is 0 Å². The van der Waals surface area contributed by atoms with E-state index < -0.39 is 11.9 Å². The molecule has 1 saturated heterocycles. The minimum atomic E-state index is -4.63. The van der Waals surface area contributed by atoms with Crippen molar-refractivity contribution in [3.8, 4) is 11.1 Å². The number of nitrogens with one attached hydrogen (secondary N) is 1. The summed E-state index contributed by atoms with van der Waals surface area (Å²) in [7, 11) is 1.45. The number of aryl methyl sites for hydroxylation is 1. The van der Waals surface area contributed by atoms with Crippen LogP contribution in [-0.4, -0.2) is 51.8 Å². The van der Waals surface area contributed by atoms with Gasteiger partial charge >= 0.3 is 6.18 Å². The quantitative estimate of drug-likeness (QED) is 0.598. The van der Waals surface area contributed by atoms with Gasteiger partial charge in [0.25, 0.3) is 0 Å². The second-order valence-electron chi connectivity index (χ2n) is 7.55. The molecular weight excluding hydrogens is 423 g/mol. The zero-order chi connectivity index (χ0) is 23.0. The maximum absolute atomic E-state index is 13.8. The van der Waals surface area contributed by atoms with Crippen LogP contribution in [0, 0.1) is 5.41 Å². The Kier molecular flexibility index (Phi) is 5.59. The van der Waals surface area contributed by atoms with Crippen molar-refractivity contribution in [2.75, 3.05) is 24.7 Å². The Morgan fingerprint density at radius 2 is 2.12 bits per heavy atom. The Morgan fingerprint density at radius 3 is 2.81 bits per heavy atom. The van der Waals surface area contributed by atoms with Crippen LogP contribution in [0.15, 0.2) is 30.6 Å². The van der Waals surface area contributed by atoms with E-state index in [1.165, 1.54) is 25.5 Å². The van der Waals surface area contributed by atoms with Crippen molar-refractivity contribution in [1.29, 1.82) is 5.41 Å². The number of hydrogen-bond acceptors (Lipinski definition) is 7. The molecule has 0 aliphatic carbocycles. The highest BCUT2D eigenvalue weighted by atomic mass is 19.4. The molecule has 1 aliphatic heterocycles. The molecule has 3 aromatic rings. The first kappa shape index (κ1) is 21.8. The summed E-state index contributed by atoms with van der Waals surface area (Å²) in [4.78, 5) is 11.0. The van der Waals surface area contributed by atoms with Crippen LogP contribution in [0.3, 0.4) is 0 Å². The van der Waals surface area contributed by atoms with Crippen molar-refractivity contribution in [2.24, 2.45) is 12.8 Å². The SMILES string of the molecule is C[C@@H]1COCCN1c1cc(-c2cn(C)nc2C(F)(F)F)c2ccnc(/C(N)=C/C=N)c2n1. The molecule has 0 bridgehead atoms. The van der Waals surface area contributed by atoms with Crippen LogP contribution in [0.5, 0.6) is 0 Å². The highest BCUT2D eigenvalue weighted by Crippen LogP contribution is 2.40. The fourth-order valence-corrected chi connectivity index (χ4v) is 3.85. The predicted octanol–water partition coefficient (Wildman–Crippen LogP) is 3.22. The molecule has 4 heterocycles. The van der Waals surface area contributed by atoms with Crippen molar-refractivity contribution in [3.05, 3.63) is 42.0 Å². The number of pyridine rings is 2. The molecule has 0 unspecified atom stereocenters. The van der Waals surface area contributed by atoms with Gasteiger partial charge in [-0.05, 0) is 30.7 Å². The number of nitrogens with two attached hydrogens (primary N) is 1. The Hall–Kier alpha value is -3.47. The molecule has 1 aliphatic rings. The molecule has 1 fully saturated rings. The lowest BCUT2D eigenvalue weighted by atomic mass is 10.00. The van der Waals surface area contributed by atoms with Gasteiger partial charge in [-0.25, -0.2) is 4.98 Å². The molecule has 3 aromatic heterocycles. The van der Waals surface area contributed by atoms with E-state index in [2.05, 4.69) is 10.1 Å². The van der Waals surface area contributed by atoms with E-state index in [1.807, 2.05) is 11.8 Å². The van der Waals surface area contributed by atoms with E-state index in [1.54, 1.807) is 12.1 Å². The lowest BCUT2D eigenvalue weighted by molar-refractivity contribution is -0.140. The molecule has 0 saturated carbocycles. The number of hydrogen-bond donors (Lipinski definition) is 2. The molecule has 3 N–H and O–H groups in total. The number of halogens is 3. The largest absolute Gasteiger partial charge is 0.435 e. The smallest absolute Gasteiger partial charge is 0.397 e. The van der Waals surface area contributed by atoms with Crippen LogP contribution in [0.2, 0.25) is 0 Å². The average molecular weight is 445 g/mol. The van der Waals surface area contributed by atoms with Gasteiger partial charge in [0.05, 0.1) is 25.0 Å². The number of ether oxygens (including phenoxy) is 1. The number of nitrogens with zero attached hydrogens (tertiary/aromatic N) is 5. The van der Waals surface area contributed by atoms with E-state index in [4.69, 9.17) is 20.9 Å². The zero-order valence-electron chi connectivity index (χ0n) is 17.5. The second-order valence-corrected chi connectivity index (χ2v) is 7.55. The number of allylic oxidation sites excluding steroid dienone is 1. The van der Waals surface area contributed by atoms with Crippen LogP contribution in [0.25, 0.3) is 27.7 Å². The average Bonchev–Trinajstić information content (AvgIpc) is 3.15. The van der Waals surface area contributed by atoms with E-state index in [-0.39, 0.29) is 17.3 Å². The maximum Gasteiger partial charge on any atom is 0.435 e. The number of fused-ring (bicyclic) bond motifs is 1. The van der Waals surface area contributed by atoms with Gasteiger partial charge < -0.3 is 20.8 Å². The minimum Gasteiger partial charge on any atom is -0.397 e. The van der Waals surface area contributed by atoms with Gasteiger partial charge in [0.1, 0.15) is 17.0 Å². The first-order chi connectivity index (χ1) is 15.2. The number of alkyl halides is 3. The lowest BCUT2D eigenvalue weighted by Crippen LogP contribution is -2.44. The van der Waals surface area contributed by atoms with Crippen molar-refractivity contribution < 1.29 is 17.9 Å². The first-order valence-electron chi connectivity index (χ1n) is 9.92. The Bertz CT molecular complexity index is 1200. The number of rotatable bonds is 4. The molecule has 0 aromatic carbocycles. The molecule has 1 atom stereocenters. The van der Waals surface area contributed by atoms with Crippen molar-refractivity contribution in [3.63, 3.8) is 0 Å². The summed E-state index contributed by atoms with van der Waals surface area (Å²) in [5.74, 6) is 0.497. The highest BCUT2D eigenvalue weighted by molar-refractivity contribution is 6.01. The number of anilines is 1. The summed E-state index contributed by atoms with van der Waals surface area (Å²) >= 11 is 0. The molecule has 4 rings (SSSR count). The molecule has 8 nitrogen and oxygen atoms in total. The summed E-state index contributed by atoms with van der Waals surface area (Å²) in [5.41, 5.74) is 6.24. The highest BCUT2D eigenvalue weighted by Gasteiger charge is 2.38. The van der Waals surface area contributed by atoms with Gasteiger partial charge in [-0.1, -0.05) is 0 Å². The fraction of sp³-hybridized carbons (Fsp3) is 0.333. The Morgan fingerprint density at radius 1 is 1.34 bits per heavy atom. The monoisotopic (exact) mass is 445 g/mol. The molecule has 0 spiro atoms. The number of aromatic nitrogens is 4. The molecule has 0 amide bonds. The van der Waals surface area contributed by atoms with E-state index >= 15 is 0 Å². The van der Waals surface area contributed by atoms with Crippen molar-refractivity contribution >= 4 is 28.6 Å². The van der Waals surface area contributed by atoms with Crippen LogP contribution in [-0.2, 0) is 18.0 Å². The van der Waals surface area contributed by atoms with Crippen LogP contribution in [0.4, 0.5) is 19.0 Å². The zero-order valence-corrected chi connectivity index (χ0v) is 17.5. The summed E-state index contributed by atoms with van der Waals surface area (Å²) in [5, 5.41) is 11.4. The summed E-state index contributed by atoms with van der Waals surface area (Å²) < 4.78 is 48.0. The normalized spacial score (nSPS) is 17.7. The molecule has 0 radical (unpaired) electrons. The summed E-state index contributed by atoms with van der Waals surface area (Å²) in [6, 6.07) is 3.24. The van der Waals surface area contributed by atoms with Gasteiger partial charge in [0, 0.05) is 43.2 Å². The topological polar surface area (TPSA) is 106 Å². The third kappa shape index (κ3) is 3.91.